The maximum atomic E-state index is 13.2. The second kappa shape index (κ2) is 9.61. The van der Waals surface area contributed by atoms with Crippen molar-refractivity contribution in [1.29, 1.82) is 0 Å². The zero-order chi connectivity index (χ0) is 22.8. The maximum Gasteiger partial charge on any atom is 0.305 e. The Morgan fingerprint density at radius 3 is 2.25 bits per heavy atom. The van der Waals surface area contributed by atoms with Crippen LogP contribution in [0.4, 0.5) is 0 Å². The predicted octanol–water partition coefficient (Wildman–Crippen LogP) is 5.13. The summed E-state index contributed by atoms with van der Waals surface area (Å²) in [6.45, 7) is 2.95. The molecule has 170 valence electrons. The highest BCUT2D eigenvalue weighted by molar-refractivity contribution is 9.10. The molecule has 32 heavy (non-hydrogen) atoms. The summed E-state index contributed by atoms with van der Waals surface area (Å²) in [6, 6.07) is 5.81. The highest BCUT2D eigenvalue weighted by Gasteiger charge is 2.43. The minimum Gasteiger partial charge on any atom is -0.492 e. The van der Waals surface area contributed by atoms with E-state index in [1.807, 2.05) is 30.0 Å². The molecule has 1 heterocycles. The van der Waals surface area contributed by atoms with Crippen molar-refractivity contribution in [2.24, 2.45) is 0 Å². The number of carbonyl (C=O) groups is 3. The van der Waals surface area contributed by atoms with E-state index in [1.165, 1.54) is 0 Å². The standard InChI is InChI=1S/C25H28BrNO5/c1-2-13-32-21-10-9-15(14-16(21)26)23-24-17(5-3-7-19(24)28)27(12-11-22(30)31)18-6-4-8-20(29)25(18)23/h9-10,14,23H,2-8,11-13H2,1H3,(H,30,31). The first-order valence-electron chi connectivity index (χ1n) is 11.4. The smallest absolute Gasteiger partial charge is 0.305 e. The first-order chi connectivity index (χ1) is 15.4. The van der Waals surface area contributed by atoms with Gasteiger partial charge in [0, 0.05) is 47.8 Å². The quantitative estimate of drug-likeness (QED) is 0.557. The van der Waals surface area contributed by atoms with Gasteiger partial charge in [0.1, 0.15) is 5.75 Å². The Labute approximate surface area is 196 Å². The van der Waals surface area contributed by atoms with Crippen molar-refractivity contribution in [2.75, 3.05) is 13.2 Å². The number of carboxylic acids is 1. The van der Waals surface area contributed by atoms with E-state index < -0.39 is 11.9 Å². The fourth-order valence-corrected chi connectivity index (χ4v) is 5.56. The summed E-state index contributed by atoms with van der Waals surface area (Å²) < 4.78 is 6.59. The van der Waals surface area contributed by atoms with Crippen molar-refractivity contribution in [1.82, 2.24) is 4.90 Å². The molecule has 7 heteroatoms. The zero-order valence-corrected chi connectivity index (χ0v) is 19.9. The topological polar surface area (TPSA) is 83.9 Å². The van der Waals surface area contributed by atoms with Crippen molar-refractivity contribution in [3.8, 4) is 5.75 Å². The molecule has 0 amide bonds. The van der Waals surface area contributed by atoms with Crippen LogP contribution < -0.4 is 4.74 Å². The van der Waals surface area contributed by atoms with Gasteiger partial charge in [-0.1, -0.05) is 13.0 Å². The van der Waals surface area contributed by atoms with Crippen LogP contribution in [0.2, 0.25) is 0 Å². The van der Waals surface area contributed by atoms with Crippen molar-refractivity contribution in [2.45, 2.75) is 64.2 Å². The largest absolute Gasteiger partial charge is 0.492 e. The van der Waals surface area contributed by atoms with Gasteiger partial charge in [0.2, 0.25) is 0 Å². The number of carboxylic acid groups (broad SMARTS) is 1. The van der Waals surface area contributed by atoms with Crippen LogP contribution in [0.15, 0.2) is 45.2 Å². The summed E-state index contributed by atoms with van der Waals surface area (Å²) in [5, 5.41) is 9.28. The molecular weight excluding hydrogens is 474 g/mol. The van der Waals surface area contributed by atoms with Gasteiger partial charge in [0.15, 0.2) is 11.6 Å². The van der Waals surface area contributed by atoms with Gasteiger partial charge in [-0.25, -0.2) is 0 Å². The van der Waals surface area contributed by atoms with Crippen molar-refractivity contribution in [3.05, 3.63) is 50.8 Å². The third kappa shape index (κ3) is 4.27. The Morgan fingerprint density at radius 1 is 1.09 bits per heavy atom. The number of hydrogen-bond donors (Lipinski definition) is 1. The lowest BCUT2D eigenvalue weighted by Crippen LogP contribution is -2.39. The summed E-state index contributed by atoms with van der Waals surface area (Å²) in [7, 11) is 0. The Morgan fingerprint density at radius 2 is 1.72 bits per heavy atom. The second-order valence-corrected chi connectivity index (χ2v) is 9.40. The number of benzene rings is 1. The Balaban J connectivity index is 1.84. The molecule has 1 N–H and O–H groups in total. The summed E-state index contributed by atoms with van der Waals surface area (Å²) in [4.78, 5) is 39.7. The number of Topliss-reactive ketones (excluding diaryl/α,β-unsaturated/α-hetero) is 2. The molecular formula is C25H28BrNO5. The Hall–Kier alpha value is -2.41. The maximum absolute atomic E-state index is 13.2. The first kappa shape index (κ1) is 22.8. The van der Waals surface area contributed by atoms with Crippen molar-refractivity contribution >= 4 is 33.5 Å². The fraction of sp³-hybridized carbons (Fsp3) is 0.480. The molecule has 1 aromatic carbocycles. The van der Waals surface area contributed by atoms with E-state index in [0.717, 1.165) is 59.3 Å². The van der Waals surface area contributed by atoms with Gasteiger partial charge in [0.25, 0.3) is 0 Å². The van der Waals surface area contributed by atoms with E-state index in [1.54, 1.807) is 0 Å². The minimum absolute atomic E-state index is 0.0321. The third-order valence-electron chi connectivity index (χ3n) is 6.39. The highest BCUT2D eigenvalue weighted by Crippen LogP contribution is 2.49. The SMILES string of the molecule is CCCOc1ccc(C2C3=C(CCCC3=O)N(CCC(=O)O)C3=C2C(=O)CCC3)cc1Br. The number of ketones is 2. The van der Waals surface area contributed by atoms with E-state index in [2.05, 4.69) is 15.9 Å². The highest BCUT2D eigenvalue weighted by atomic mass is 79.9. The van der Waals surface area contributed by atoms with E-state index >= 15 is 0 Å². The van der Waals surface area contributed by atoms with Gasteiger partial charge in [-0.3, -0.25) is 14.4 Å². The van der Waals surface area contributed by atoms with Gasteiger partial charge in [-0.15, -0.1) is 0 Å². The van der Waals surface area contributed by atoms with E-state index in [0.29, 0.717) is 30.6 Å². The lowest BCUT2D eigenvalue weighted by molar-refractivity contribution is -0.137. The lowest BCUT2D eigenvalue weighted by atomic mass is 9.71. The van der Waals surface area contributed by atoms with Gasteiger partial charge >= 0.3 is 5.97 Å². The van der Waals surface area contributed by atoms with E-state index in [4.69, 9.17) is 4.74 Å². The normalized spacial score (nSPS) is 19.2. The van der Waals surface area contributed by atoms with Crippen molar-refractivity contribution < 1.29 is 24.2 Å². The number of aliphatic carboxylic acids is 1. The molecule has 0 spiro atoms. The molecule has 0 fully saturated rings. The van der Waals surface area contributed by atoms with E-state index in [9.17, 15) is 19.5 Å². The summed E-state index contributed by atoms with van der Waals surface area (Å²) in [6.07, 6.45) is 4.72. The average Bonchev–Trinajstić information content (AvgIpc) is 2.76. The van der Waals surface area contributed by atoms with Gasteiger partial charge in [-0.05, 0) is 65.7 Å². The summed E-state index contributed by atoms with van der Waals surface area (Å²) in [5.74, 6) is -0.429. The van der Waals surface area contributed by atoms with Crippen LogP contribution in [-0.2, 0) is 14.4 Å². The van der Waals surface area contributed by atoms with Gasteiger partial charge < -0.3 is 14.7 Å². The average molecular weight is 502 g/mol. The summed E-state index contributed by atoms with van der Waals surface area (Å²) >= 11 is 3.60. The molecule has 1 aromatic rings. The molecule has 2 aliphatic carbocycles. The number of rotatable bonds is 7. The molecule has 6 nitrogen and oxygen atoms in total. The number of halogens is 1. The van der Waals surface area contributed by atoms with E-state index in [-0.39, 0.29) is 24.5 Å². The number of nitrogens with zero attached hydrogens (tertiary/aromatic N) is 1. The zero-order valence-electron chi connectivity index (χ0n) is 18.3. The molecule has 0 atom stereocenters. The number of carbonyl (C=O) groups excluding carboxylic acids is 2. The molecule has 4 rings (SSSR count). The second-order valence-electron chi connectivity index (χ2n) is 8.54. The van der Waals surface area contributed by atoms with Crippen LogP contribution in [0.3, 0.4) is 0 Å². The molecule has 3 aliphatic rings. The van der Waals surface area contributed by atoms with Crippen LogP contribution in [0.1, 0.15) is 69.8 Å². The Bertz CT molecular complexity index is 981. The molecule has 0 unspecified atom stereocenters. The fourth-order valence-electron chi connectivity index (χ4n) is 5.05. The van der Waals surface area contributed by atoms with Crippen LogP contribution in [0.25, 0.3) is 0 Å². The Kier molecular flexibility index (Phi) is 6.84. The monoisotopic (exact) mass is 501 g/mol. The lowest BCUT2D eigenvalue weighted by Gasteiger charge is -2.44. The molecule has 0 radical (unpaired) electrons. The summed E-state index contributed by atoms with van der Waals surface area (Å²) in [5.41, 5.74) is 4.05. The molecule has 0 aromatic heterocycles. The van der Waals surface area contributed by atoms with Gasteiger partial charge in [-0.2, -0.15) is 0 Å². The molecule has 0 saturated carbocycles. The third-order valence-corrected chi connectivity index (χ3v) is 7.01. The molecule has 0 saturated heterocycles. The predicted molar refractivity (Wildman–Crippen MR) is 123 cm³/mol. The van der Waals surface area contributed by atoms with Crippen LogP contribution in [-0.4, -0.2) is 40.7 Å². The first-order valence-corrected chi connectivity index (χ1v) is 12.2. The van der Waals surface area contributed by atoms with Crippen LogP contribution in [0, 0.1) is 0 Å². The van der Waals surface area contributed by atoms with Crippen LogP contribution >= 0.6 is 15.9 Å². The van der Waals surface area contributed by atoms with Crippen LogP contribution in [0.5, 0.6) is 5.75 Å². The number of ether oxygens (including phenoxy) is 1. The van der Waals surface area contributed by atoms with Crippen molar-refractivity contribution in [3.63, 3.8) is 0 Å². The molecule has 0 bridgehead atoms. The minimum atomic E-state index is -0.882. The number of hydrogen-bond acceptors (Lipinski definition) is 5. The molecule has 1 aliphatic heterocycles. The van der Waals surface area contributed by atoms with Gasteiger partial charge in [0.05, 0.1) is 17.5 Å². The number of allylic oxidation sites excluding steroid dienone is 4.